The molecule has 0 aliphatic carbocycles. The maximum atomic E-state index is 6.01. The lowest BCUT2D eigenvalue weighted by atomic mass is 10.1. The van der Waals surface area contributed by atoms with E-state index >= 15 is 0 Å². The maximum absolute atomic E-state index is 6.01. The van der Waals surface area contributed by atoms with Crippen molar-refractivity contribution < 1.29 is 0 Å². The number of para-hydroxylation sites is 1. The van der Waals surface area contributed by atoms with Gasteiger partial charge in [-0.25, -0.2) is 4.98 Å². The molecule has 0 aliphatic heterocycles. The highest BCUT2D eigenvalue weighted by molar-refractivity contribution is 6.31. The third kappa shape index (κ3) is 1.85. The molecule has 0 unspecified atom stereocenters. The number of rotatable bonds is 1. The summed E-state index contributed by atoms with van der Waals surface area (Å²) in [7, 11) is 0. The van der Waals surface area contributed by atoms with Gasteiger partial charge < -0.3 is 0 Å². The highest BCUT2D eigenvalue weighted by atomic mass is 35.5. The lowest BCUT2D eigenvalue weighted by molar-refractivity contribution is 1.20. The molecule has 0 bridgehead atoms. The largest absolute Gasteiger partial charge is 0.256 e. The van der Waals surface area contributed by atoms with E-state index < -0.39 is 0 Å². The molecule has 0 atom stereocenters. The van der Waals surface area contributed by atoms with Crippen LogP contribution < -0.4 is 0 Å². The fourth-order valence-electron chi connectivity index (χ4n) is 1.72. The number of aromatic nitrogens is 3. The Hall–Kier alpha value is -2.00. The molecule has 0 saturated heterocycles. The minimum Gasteiger partial charge on any atom is -0.256 e. The van der Waals surface area contributed by atoms with Crippen LogP contribution in [0.4, 0.5) is 0 Å². The molecule has 3 rings (SSSR count). The van der Waals surface area contributed by atoms with Crippen molar-refractivity contribution in [3.63, 3.8) is 0 Å². The van der Waals surface area contributed by atoms with Crippen LogP contribution in [-0.2, 0) is 0 Å². The fraction of sp³-hybridized carbons (Fsp3) is 0. The topological polar surface area (TPSA) is 38.7 Å². The first-order chi connectivity index (χ1) is 8.34. The van der Waals surface area contributed by atoms with Crippen LogP contribution in [0.3, 0.4) is 0 Å². The summed E-state index contributed by atoms with van der Waals surface area (Å²) in [6.45, 7) is 0. The molecular formula is C13H8ClN3. The van der Waals surface area contributed by atoms with Gasteiger partial charge in [0.25, 0.3) is 0 Å². The average Bonchev–Trinajstić information content (AvgIpc) is 2.39. The van der Waals surface area contributed by atoms with Gasteiger partial charge in [-0.2, -0.15) is 0 Å². The fourth-order valence-corrected chi connectivity index (χ4v) is 1.93. The summed E-state index contributed by atoms with van der Waals surface area (Å²) in [6, 6.07) is 9.93. The summed E-state index contributed by atoms with van der Waals surface area (Å²) in [6.07, 6.45) is 4.95. The standard InChI is InChI=1S/C13H8ClN3/c14-13-12(15-5-6-16-13)10-7-9-3-1-2-4-11(9)17-8-10/h1-8H. The third-order valence-corrected chi connectivity index (χ3v) is 2.79. The molecule has 17 heavy (non-hydrogen) atoms. The van der Waals surface area contributed by atoms with Crippen LogP contribution in [0.5, 0.6) is 0 Å². The van der Waals surface area contributed by atoms with Crippen molar-refractivity contribution in [2.75, 3.05) is 0 Å². The van der Waals surface area contributed by atoms with E-state index in [1.807, 2.05) is 30.3 Å². The van der Waals surface area contributed by atoms with Crippen LogP contribution in [0.15, 0.2) is 48.9 Å². The van der Waals surface area contributed by atoms with Gasteiger partial charge in [0.1, 0.15) is 5.69 Å². The van der Waals surface area contributed by atoms with Crippen LogP contribution in [0.25, 0.3) is 22.2 Å². The van der Waals surface area contributed by atoms with Crippen molar-refractivity contribution in [3.8, 4) is 11.3 Å². The first kappa shape index (κ1) is 10.2. The minimum atomic E-state index is 0.393. The summed E-state index contributed by atoms with van der Waals surface area (Å²) in [5.74, 6) is 0. The van der Waals surface area contributed by atoms with E-state index in [1.165, 1.54) is 0 Å². The molecule has 82 valence electrons. The molecule has 0 spiro atoms. The zero-order chi connectivity index (χ0) is 11.7. The second kappa shape index (κ2) is 4.11. The number of hydrogen-bond acceptors (Lipinski definition) is 3. The lowest BCUT2D eigenvalue weighted by Gasteiger charge is -2.03. The SMILES string of the molecule is Clc1nccnc1-c1cnc2ccccc2c1. The molecule has 2 heterocycles. The summed E-state index contributed by atoms with van der Waals surface area (Å²) in [5, 5.41) is 1.45. The normalized spacial score (nSPS) is 10.6. The molecular weight excluding hydrogens is 234 g/mol. The van der Waals surface area contributed by atoms with Gasteiger partial charge >= 0.3 is 0 Å². The van der Waals surface area contributed by atoms with Crippen LogP contribution in [-0.4, -0.2) is 15.0 Å². The number of fused-ring (bicyclic) bond motifs is 1. The quantitative estimate of drug-likeness (QED) is 0.656. The summed E-state index contributed by atoms with van der Waals surface area (Å²) < 4.78 is 0. The van der Waals surface area contributed by atoms with Gasteiger partial charge in [0.05, 0.1) is 5.52 Å². The number of pyridine rings is 1. The molecule has 4 heteroatoms. The van der Waals surface area contributed by atoms with E-state index in [9.17, 15) is 0 Å². The predicted molar refractivity (Wildman–Crippen MR) is 67.8 cm³/mol. The number of nitrogens with zero attached hydrogens (tertiary/aromatic N) is 3. The number of hydrogen-bond donors (Lipinski definition) is 0. The number of halogens is 1. The molecule has 0 aliphatic rings. The van der Waals surface area contributed by atoms with Crippen molar-refractivity contribution in [2.24, 2.45) is 0 Å². The van der Waals surface area contributed by atoms with E-state index in [0.717, 1.165) is 16.5 Å². The van der Waals surface area contributed by atoms with E-state index in [1.54, 1.807) is 18.6 Å². The van der Waals surface area contributed by atoms with Gasteiger partial charge in [-0.1, -0.05) is 29.8 Å². The molecule has 1 aromatic carbocycles. The monoisotopic (exact) mass is 241 g/mol. The predicted octanol–water partition coefficient (Wildman–Crippen LogP) is 3.35. The van der Waals surface area contributed by atoms with Crippen LogP contribution in [0, 0.1) is 0 Å². The minimum absolute atomic E-state index is 0.393. The Morgan fingerprint density at radius 3 is 2.65 bits per heavy atom. The lowest BCUT2D eigenvalue weighted by Crippen LogP contribution is -1.88. The van der Waals surface area contributed by atoms with Gasteiger partial charge in [0.2, 0.25) is 0 Å². The molecule has 0 radical (unpaired) electrons. The first-order valence-corrected chi connectivity index (χ1v) is 5.54. The Morgan fingerprint density at radius 2 is 1.76 bits per heavy atom. The Bertz CT molecular complexity index is 682. The Morgan fingerprint density at radius 1 is 0.941 bits per heavy atom. The summed E-state index contributed by atoms with van der Waals surface area (Å²) in [5.41, 5.74) is 2.49. The average molecular weight is 242 g/mol. The van der Waals surface area contributed by atoms with Gasteiger partial charge in [0, 0.05) is 29.5 Å². The van der Waals surface area contributed by atoms with Crippen LogP contribution >= 0.6 is 11.6 Å². The van der Waals surface area contributed by atoms with Crippen LogP contribution in [0.2, 0.25) is 5.15 Å². The van der Waals surface area contributed by atoms with Crippen molar-refractivity contribution in [1.82, 2.24) is 15.0 Å². The zero-order valence-electron chi connectivity index (χ0n) is 8.84. The molecule has 3 aromatic rings. The van der Waals surface area contributed by atoms with E-state index in [0.29, 0.717) is 10.8 Å². The van der Waals surface area contributed by atoms with Crippen molar-refractivity contribution in [1.29, 1.82) is 0 Å². The molecule has 2 aromatic heterocycles. The second-order valence-corrected chi connectivity index (χ2v) is 3.97. The van der Waals surface area contributed by atoms with Gasteiger partial charge in [0.15, 0.2) is 5.15 Å². The summed E-state index contributed by atoms with van der Waals surface area (Å²) >= 11 is 6.01. The Kier molecular flexibility index (Phi) is 2.46. The third-order valence-electron chi connectivity index (χ3n) is 2.52. The molecule has 0 N–H and O–H groups in total. The van der Waals surface area contributed by atoms with E-state index in [-0.39, 0.29) is 0 Å². The second-order valence-electron chi connectivity index (χ2n) is 3.61. The van der Waals surface area contributed by atoms with Gasteiger partial charge in [-0.15, -0.1) is 0 Å². The smallest absolute Gasteiger partial charge is 0.155 e. The van der Waals surface area contributed by atoms with Crippen molar-refractivity contribution >= 4 is 22.5 Å². The molecule has 3 nitrogen and oxygen atoms in total. The number of benzene rings is 1. The Balaban J connectivity index is 2.22. The Labute approximate surface area is 103 Å². The van der Waals surface area contributed by atoms with Gasteiger partial charge in [-0.3, -0.25) is 9.97 Å². The molecule has 0 saturated carbocycles. The van der Waals surface area contributed by atoms with Gasteiger partial charge in [-0.05, 0) is 12.1 Å². The van der Waals surface area contributed by atoms with E-state index in [4.69, 9.17) is 11.6 Å². The highest BCUT2D eigenvalue weighted by Gasteiger charge is 2.06. The van der Waals surface area contributed by atoms with Crippen LogP contribution in [0.1, 0.15) is 0 Å². The summed E-state index contributed by atoms with van der Waals surface area (Å²) in [4.78, 5) is 12.6. The molecule has 0 fully saturated rings. The zero-order valence-corrected chi connectivity index (χ0v) is 9.59. The van der Waals surface area contributed by atoms with Crippen molar-refractivity contribution in [2.45, 2.75) is 0 Å². The van der Waals surface area contributed by atoms with Crippen molar-refractivity contribution in [3.05, 3.63) is 54.1 Å². The molecule has 0 amide bonds. The van der Waals surface area contributed by atoms with E-state index in [2.05, 4.69) is 15.0 Å². The first-order valence-electron chi connectivity index (χ1n) is 5.16. The highest BCUT2D eigenvalue weighted by Crippen LogP contribution is 2.25. The maximum Gasteiger partial charge on any atom is 0.155 e.